The molecule has 0 aliphatic carbocycles. The van der Waals surface area contributed by atoms with Gasteiger partial charge in [0, 0.05) is 0 Å². The molecule has 230 valence electrons. The normalized spacial score (nSPS) is 21.4. The van der Waals surface area contributed by atoms with Crippen molar-refractivity contribution in [3.8, 4) is 24.0 Å². The van der Waals surface area contributed by atoms with E-state index in [4.69, 9.17) is 30.6 Å². The number of aliphatic hydroxyl groups excluding tert-OH is 1. The number of methoxy groups -OCH3 is 1. The molecule has 1 aliphatic rings. The molecule has 10 nitrogen and oxygen atoms in total. The number of nitrogens with zero attached hydrogens (tertiary/aromatic N) is 4. The quantitative estimate of drug-likeness (QED) is 0.154. The molecule has 0 spiro atoms. The number of anilines is 1. The number of nitrogens with one attached hydrogen (secondary N) is 1. The molecule has 0 amide bonds. The second-order valence-corrected chi connectivity index (χ2v) is 10.8. The second-order valence-electron chi connectivity index (χ2n) is 10.8. The van der Waals surface area contributed by atoms with Crippen LogP contribution >= 0.6 is 0 Å². The summed E-state index contributed by atoms with van der Waals surface area (Å²) in [6.45, 7) is 4.03. The third kappa shape index (κ3) is 5.05. The fraction of sp³-hybridized carbons (Fsp3) is 0.286. The first kappa shape index (κ1) is 30.1. The minimum absolute atomic E-state index is 0.228. The molecule has 0 unspecified atom stereocenters. The molecule has 0 saturated carbocycles. The minimum Gasteiger partial charge on any atom is -0.497 e. The summed E-state index contributed by atoms with van der Waals surface area (Å²) in [4.78, 5) is 14.2. The molecule has 4 atom stereocenters. The molecule has 10 heteroatoms. The summed E-state index contributed by atoms with van der Waals surface area (Å²) in [5, 5.41) is 26.0. The van der Waals surface area contributed by atoms with Crippen LogP contribution in [0.5, 0.6) is 11.6 Å². The number of rotatable bonds is 10. The zero-order valence-electron chi connectivity index (χ0n) is 25.3. The number of aromatic nitrogens is 4. The van der Waals surface area contributed by atoms with Crippen molar-refractivity contribution in [3.63, 3.8) is 0 Å². The van der Waals surface area contributed by atoms with Crippen molar-refractivity contribution in [1.29, 1.82) is 0 Å². The first-order valence-electron chi connectivity index (χ1n) is 14.8. The van der Waals surface area contributed by atoms with Crippen LogP contribution in [0.3, 0.4) is 0 Å². The number of terminal acetylenes is 1. The summed E-state index contributed by atoms with van der Waals surface area (Å²) in [6, 6.07) is 27.9. The van der Waals surface area contributed by atoms with Crippen LogP contribution in [-0.2, 0) is 10.3 Å². The maximum absolute atomic E-state index is 11.4. The van der Waals surface area contributed by atoms with Gasteiger partial charge in [0.25, 0.3) is 0 Å². The van der Waals surface area contributed by atoms with Gasteiger partial charge < -0.3 is 29.7 Å². The standard InChI is InChI=1S/C35H35N5O5/c1-5-27-29(41)34(42,6-2)32(45-27)40-22-36-28-30(40)37-33(38-31(28)44-7-3)39-35(23-14-10-8-11-15-23,24-16-12-9-13-17-24)25-18-20-26(43-4)21-19-25/h2,8-22,27,29,32,41-42H,5,7H2,1,3-4H3,(H,37,38,39)/t27-,29-,32-,34-/m1/s1. The lowest BCUT2D eigenvalue weighted by atomic mass is 9.77. The summed E-state index contributed by atoms with van der Waals surface area (Å²) >= 11 is 0. The highest BCUT2D eigenvalue weighted by molar-refractivity contribution is 5.78. The van der Waals surface area contributed by atoms with Gasteiger partial charge in [0.1, 0.15) is 17.4 Å². The molecule has 3 aromatic carbocycles. The number of fused-ring (bicyclic) bond motifs is 1. The van der Waals surface area contributed by atoms with Crippen molar-refractivity contribution in [2.45, 2.75) is 49.8 Å². The van der Waals surface area contributed by atoms with Gasteiger partial charge in [0.15, 0.2) is 23.0 Å². The molecule has 0 radical (unpaired) electrons. The van der Waals surface area contributed by atoms with Gasteiger partial charge >= 0.3 is 0 Å². The molecule has 5 aromatic rings. The monoisotopic (exact) mass is 605 g/mol. The van der Waals surface area contributed by atoms with Crippen molar-refractivity contribution in [2.75, 3.05) is 19.0 Å². The Morgan fingerprint density at radius 2 is 1.60 bits per heavy atom. The number of ether oxygens (including phenoxy) is 3. The fourth-order valence-corrected chi connectivity index (χ4v) is 5.98. The Bertz CT molecular complexity index is 1770. The Morgan fingerprint density at radius 3 is 2.16 bits per heavy atom. The van der Waals surface area contributed by atoms with Gasteiger partial charge in [0.05, 0.1) is 26.1 Å². The number of benzene rings is 3. The number of hydrogen-bond acceptors (Lipinski definition) is 9. The lowest BCUT2D eigenvalue weighted by Gasteiger charge is -2.37. The first-order chi connectivity index (χ1) is 21.9. The van der Waals surface area contributed by atoms with Crippen LogP contribution in [0.15, 0.2) is 91.3 Å². The van der Waals surface area contributed by atoms with E-state index in [-0.39, 0.29) is 11.8 Å². The summed E-state index contributed by atoms with van der Waals surface area (Å²) in [5.41, 5.74) is 0.462. The molecule has 1 saturated heterocycles. The highest BCUT2D eigenvalue weighted by atomic mass is 16.6. The van der Waals surface area contributed by atoms with E-state index in [0.29, 0.717) is 24.2 Å². The Kier molecular flexibility index (Phi) is 8.16. The topological polar surface area (TPSA) is 124 Å². The van der Waals surface area contributed by atoms with Crippen molar-refractivity contribution in [2.24, 2.45) is 0 Å². The van der Waals surface area contributed by atoms with Gasteiger partial charge in [-0.3, -0.25) is 4.57 Å². The Labute approximate surface area is 261 Å². The maximum Gasteiger partial charge on any atom is 0.247 e. The summed E-state index contributed by atoms with van der Waals surface area (Å²) < 4.78 is 19.1. The number of aliphatic hydroxyl groups is 2. The first-order valence-corrected chi connectivity index (χ1v) is 14.8. The molecule has 6 rings (SSSR count). The highest BCUT2D eigenvalue weighted by Crippen LogP contribution is 2.43. The minimum atomic E-state index is -2.01. The molecule has 3 N–H and O–H groups in total. The summed E-state index contributed by atoms with van der Waals surface area (Å²) in [5.74, 6) is 3.54. The maximum atomic E-state index is 11.4. The van der Waals surface area contributed by atoms with Crippen LogP contribution in [0.4, 0.5) is 5.95 Å². The van der Waals surface area contributed by atoms with E-state index in [1.54, 1.807) is 7.11 Å². The van der Waals surface area contributed by atoms with Gasteiger partial charge in [-0.05, 0) is 42.2 Å². The fourth-order valence-electron chi connectivity index (χ4n) is 5.98. The molecule has 1 aliphatic heterocycles. The van der Waals surface area contributed by atoms with Crippen LogP contribution in [0.2, 0.25) is 0 Å². The van der Waals surface area contributed by atoms with E-state index >= 15 is 0 Å². The predicted molar refractivity (Wildman–Crippen MR) is 170 cm³/mol. The van der Waals surface area contributed by atoms with Crippen LogP contribution in [0, 0.1) is 12.3 Å². The zero-order chi connectivity index (χ0) is 31.6. The smallest absolute Gasteiger partial charge is 0.247 e. The molecule has 0 bridgehead atoms. The Hall–Kier alpha value is -4.95. The van der Waals surface area contributed by atoms with Gasteiger partial charge in [-0.1, -0.05) is 85.6 Å². The summed E-state index contributed by atoms with van der Waals surface area (Å²) in [7, 11) is 1.63. The molecule has 2 aromatic heterocycles. The zero-order valence-corrected chi connectivity index (χ0v) is 25.3. The molecule has 45 heavy (non-hydrogen) atoms. The number of imidazole rings is 1. The van der Waals surface area contributed by atoms with E-state index in [0.717, 1.165) is 22.4 Å². The van der Waals surface area contributed by atoms with Crippen molar-refractivity contribution >= 4 is 17.1 Å². The SMILES string of the molecule is C#C[C@@]1(O)[C@H](O)[C@@H](CC)O[C@H]1n1cnc2c(OCC)nc(NC(c3ccccc3)(c3ccccc3)c3ccc(OC)cc3)nc21. The highest BCUT2D eigenvalue weighted by Gasteiger charge is 2.55. The van der Waals surface area contributed by atoms with Crippen molar-refractivity contribution < 1.29 is 24.4 Å². The van der Waals surface area contributed by atoms with Crippen LogP contribution in [0.25, 0.3) is 11.2 Å². The largest absolute Gasteiger partial charge is 0.497 e. The average molecular weight is 606 g/mol. The van der Waals surface area contributed by atoms with Gasteiger partial charge in [-0.15, -0.1) is 6.42 Å². The molecule has 1 fully saturated rings. The van der Waals surface area contributed by atoms with Crippen LogP contribution < -0.4 is 14.8 Å². The van der Waals surface area contributed by atoms with E-state index in [2.05, 4.69) is 16.2 Å². The molecular weight excluding hydrogens is 570 g/mol. The van der Waals surface area contributed by atoms with Gasteiger partial charge in [-0.25, -0.2) is 4.98 Å². The van der Waals surface area contributed by atoms with Gasteiger partial charge in [-0.2, -0.15) is 9.97 Å². The third-order valence-electron chi connectivity index (χ3n) is 8.28. The van der Waals surface area contributed by atoms with E-state index in [1.165, 1.54) is 10.9 Å². The van der Waals surface area contributed by atoms with Crippen molar-refractivity contribution in [3.05, 3.63) is 108 Å². The lowest BCUT2D eigenvalue weighted by Crippen LogP contribution is -2.45. The molecule has 3 heterocycles. The Balaban J connectivity index is 1.58. The summed E-state index contributed by atoms with van der Waals surface area (Å²) in [6.07, 6.45) is 4.54. The number of hydrogen-bond donors (Lipinski definition) is 3. The Morgan fingerprint density at radius 1 is 0.978 bits per heavy atom. The van der Waals surface area contributed by atoms with Crippen molar-refractivity contribution in [1.82, 2.24) is 19.5 Å². The third-order valence-corrected chi connectivity index (χ3v) is 8.28. The van der Waals surface area contributed by atoms with Crippen LogP contribution in [-0.4, -0.2) is 61.3 Å². The average Bonchev–Trinajstić information content (AvgIpc) is 3.62. The van der Waals surface area contributed by atoms with E-state index in [1.807, 2.05) is 98.8 Å². The van der Waals surface area contributed by atoms with E-state index in [9.17, 15) is 10.2 Å². The van der Waals surface area contributed by atoms with E-state index < -0.39 is 29.6 Å². The molecular formula is C35H35N5O5. The second kappa shape index (κ2) is 12.2. The lowest BCUT2D eigenvalue weighted by molar-refractivity contribution is -0.0684. The van der Waals surface area contributed by atoms with Gasteiger partial charge in [0.2, 0.25) is 11.8 Å². The van der Waals surface area contributed by atoms with Crippen LogP contribution in [0.1, 0.15) is 43.2 Å². The predicted octanol–water partition coefficient (Wildman–Crippen LogP) is 4.67.